The lowest BCUT2D eigenvalue weighted by atomic mass is 10.2. The second kappa shape index (κ2) is 12.2. The molecule has 0 saturated carbocycles. The van der Waals surface area contributed by atoms with Gasteiger partial charge in [0.25, 0.3) is 0 Å². The van der Waals surface area contributed by atoms with Crippen LogP contribution in [0.2, 0.25) is 0 Å². The number of carbonyl (C=O) groups is 1. The van der Waals surface area contributed by atoms with Crippen molar-refractivity contribution in [2.45, 2.75) is 19.1 Å². The minimum absolute atomic E-state index is 0.0327. The highest BCUT2D eigenvalue weighted by atomic mass is 19.4. The van der Waals surface area contributed by atoms with Crippen LogP contribution in [0.1, 0.15) is 17.7 Å². The molecule has 0 spiro atoms. The van der Waals surface area contributed by atoms with Crippen LogP contribution in [0.5, 0.6) is 5.75 Å². The summed E-state index contributed by atoms with van der Waals surface area (Å²) in [5.74, 6) is 0.908. The quantitative estimate of drug-likeness (QED) is 0.233. The molecule has 0 aliphatic heterocycles. The number of methoxy groups -OCH3 is 2. The van der Waals surface area contributed by atoms with Gasteiger partial charge in [0.2, 0.25) is 5.91 Å². The number of pyridine rings is 2. The first kappa shape index (κ1) is 28.4. The third-order valence-electron chi connectivity index (χ3n) is 6.07. The maximum absolute atomic E-state index is 13.4. The molecule has 5 rings (SSSR count). The number of ether oxygens (including phenoxy) is 2. The summed E-state index contributed by atoms with van der Waals surface area (Å²) in [6.07, 6.45) is -1.42. The van der Waals surface area contributed by atoms with Crippen LogP contribution in [0, 0.1) is 0 Å². The molecular weight excluding hydrogens is 553 g/mol. The number of rotatable bonds is 10. The van der Waals surface area contributed by atoms with E-state index in [1.54, 1.807) is 30.1 Å². The van der Waals surface area contributed by atoms with Crippen LogP contribution in [0.3, 0.4) is 0 Å². The van der Waals surface area contributed by atoms with Gasteiger partial charge in [-0.15, -0.1) is 0 Å². The van der Waals surface area contributed by atoms with E-state index in [1.165, 1.54) is 25.4 Å². The molecule has 2 N–H and O–H groups in total. The summed E-state index contributed by atoms with van der Waals surface area (Å²) < 4.78 is 52.2. The lowest BCUT2D eigenvalue weighted by Gasteiger charge is -2.12. The molecule has 0 aliphatic carbocycles. The van der Waals surface area contributed by atoms with E-state index in [0.717, 1.165) is 11.6 Å². The Kier molecular flexibility index (Phi) is 8.24. The van der Waals surface area contributed by atoms with Crippen molar-refractivity contribution in [1.82, 2.24) is 29.5 Å². The number of nitrogens with zero attached hydrogens (tertiary/aromatic N) is 6. The Morgan fingerprint density at radius 2 is 1.81 bits per heavy atom. The van der Waals surface area contributed by atoms with Crippen molar-refractivity contribution in [3.05, 3.63) is 78.4 Å². The van der Waals surface area contributed by atoms with E-state index in [-0.39, 0.29) is 42.1 Å². The smallest absolute Gasteiger partial charge is 0.433 e. The lowest BCUT2D eigenvalue weighted by molar-refractivity contribution is -0.141. The Hall–Kier alpha value is -5.11. The molecule has 0 radical (unpaired) electrons. The van der Waals surface area contributed by atoms with Crippen LogP contribution < -0.4 is 15.4 Å². The van der Waals surface area contributed by atoms with Crippen LogP contribution in [-0.2, 0) is 22.3 Å². The molecule has 4 aromatic heterocycles. The topological polar surface area (TPSA) is 129 Å². The van der Waals surface area contributed by atoms with E-state index in [9.17, 15) is 18.0 Å². The fourth-order valence-corrected chi connectivity index (χ4v) is 4.02. The SMILES string of the molecule is COCCC(=O)Nc1cc(Nc2nc(-c3cccc(C(F)(F)F)n3)nc3c2ncn3Cc2ccc(OC)cc2)ccn1. The van der Waals surface area contributed by atoms with E-state index in [2.05, 4.69) is 35.6 Å². The molecule has 0 saturated heterocycles. The van der Waals surface area contributed by atoms with Crippen molar-refractivity contribution in [2.75, 3.05) is 31.5 Å². The monoisotopic (exact) mass is 578 g/mol. The molecule has 216 valence electrons. The first-order valence-corrected chi connectivity index (χ1v) is 12.7. The number of carbonyl (C=O) groups excluding carboxylic acids is 1. The molecule has 4 heterocycles. The molecule has 0 fully saturated rings. The zero-order valence-corrected chi connectivity index (χ0v) is 22.5. The second-order valence-corrected chi connectivity index (χ2v) is 9.04. The molecule has 1 aromatic carbocycles. The van der Waals surface area contributed by atoms with Gasteiger partial charge in [-0.2, -0.15) is 13.2 Å². The summed E-state index contributed by atoms with van der Waals surface area (Å²) in [5, 5.41) is 5.83. The number of benzene rings is 1. The van der Waals surface area contributed by atoms with Gasteiger partial charge in [-0.05, 0) is 35.9 Å². The minimum Gasteiger partial charge on any atom is -0.497 e. The molecule has 1 amide bonds. The summed E-state index contributed by atoms with van der Waals surface area (Å²) in [6, 6.07) is 14.2. The average molecular weight is 579 g/mol. The van der Waals surface area contributed by atoms with E-state index in [1.807, 2.05) is 24.3 Å². The fraction of sp³-hybridized carbons (Fsp3) is 0.214. The summed E-state index contributed by atoms with van der Waals surface area (Å²) >= 11 is 0. The molecule has 14 heteroatoms. The Labute approximate surface area is 237 Å². The van der Waals surface area contributed by atoms with Gasteiger partial charge in [0.05, 0.1) is 33.0 Å². The van der Waals surface area contributed by atoms with Crippen LogP contribution in [0.25, 0.3) is 22.7 Å². The predicted octanol–water partition coefficient (Wildman–Crippen LogP) is 5.08. The number of halogens is 3. The maximum Gasteiger partial charge on any atom is 0.433 e. The Bertz CT molecular complexity index is 1710. The Morgan fingerprint density at radius 1 is 1.00 bits per heavy atom. The molecule has 0 atom stereocenters. The molecule has 42 heavy (non-hydrogen) atoms. The minimum atomic E-state index is -4.64. The van der Waals surface area contributed by atoms with Crippen LogP contribution in [-0.4, -0.2) is 56.2 Å². The second-order valence-electron chi connectivity index (χ2n) is 9.04. The summed E-state index contributed by atoms with van der Waals surface area (Å²) in [6.45, 7) is 0.632. The van der Waals surface area contributed by atoms with Gasteiger partial charge in [0.1, 0.15) is 23.0 Å². The summed E-state index contributed by atoms with van der Waals surface area (Å²) in [7, 11) is 3.08. The lowest BCUT2D eigenvalue weighted by Crippen LogP contribution is -2.14. The molecule has 11 nitrogen and oxygen atoms in total. The van der Waals surface area contributed by atoms with Crippen molar-refractivity contribution >= 4 is 34.4 Å². The summed E-state index contributed by atoms with van der Waals surface area (Å²) in [4.78, 5) is 33.6. The zero-order chi connectivity index (χ0) is 29.7. The van der Waals surface area contributed by atoms with E-state index < -0.39 is 11.9 Å². The highest BCUT2D eigenvalue weighted by molar-refractivity contribution is 5.91. The number of aromatic nitrogens is 6. The van der Waals surface area contributed by atoms with Gasteiger partial charge >= 0.3 is 6.18 Å². The van der Waals surface area contributed by atoms with Gasteiger partial charge in [0, 0.05) is 25.1 Å². The maximum atomic E-state index is 13.4. The molecule has 5 aromatic rings. The standard InChI is InChI=1S/C28H25F3N8O3/c1-41-13-11-23(40)36-22-14-18(10-12-32-22)34-26-24-27(39(16-33-24)15-17-6-8-19(42-2)9-7-17)38-25(37-26)20-4-3-5-21(35-20)28(29,30)31/h3-10,12,14,16H,11,13,15H2,1-2H3,(H2,32,34,36,37,38,40). The van der Waals surface area contributed by atoms with Gasteiger partial charge < -0.3 is 24.7 Å². The van der Waals surface area contributed by atoms with Crippen molar-refractivity contribution in [3.63, 3.8) is 0 Å². The molecule has 0 bridgehead atoms. The number of anilines is 3. The van der Waals surface area contributed by atoms with Gasteiger partial charge in [-0.3, -0.25) is 4.79 Å². The summed E-state index contributed by atoms with van der Waals surface area (Å²) in [5.41, 5.74) is 1.05. The fourth-order valence-electron chi connectivity index (χ4n) is 4.02. The number of alkyl halides is 3. The first-order valence-electron chi connectivity index (χ1n) is 12.7. The Morgan fingerprint density at radius 3 is 2.55 bits per heavy atom. The van der Waals surface area contributed by atoms with Gasteiger partial charge in [-0.1, -0.05) is 18.2 Å². The average Bonchev–Trinajstić information content (AvgIpc) is 3.39. The van der Waals surface area contributed by atoms with E-state index >= 15 is 0 Å². The highest BCUT2D eigenvalue weighted by Gasteiger charge is 2.32. The van der Waals surface area contributed by atoms with E-state index in [0.29, 0.717) is 29.1 Å². The third kappa shape index (κ3) is 6.61. The third-order valence-corrected chi connectivity index (χ3v) is 6.07. The van der Waals surface area contributed by atoms with Crippen molar-refractivity contribution in [2.24, 2.45) is 0 Å². The van der Waals surface area contributed by atoms with Crippen LogP contribution in [0.15, 0.2) is 67.1 Å². The normalized spacial score (nSPS) is 11.5. The highest BCUT2D eigenvalue weighted by Crippen LogP contribution is 2.31. The van der Waals surface area contributed by atoms with Crippen molar-refractivity contribution < 1.29 is 27.4 Å². The van der Waals surface area contributed by atoms with Gasteiger partial charge in [0.15, 0.2) is 22.8 Å². The zero-order valence-electron chi connectivity index (χ0n) is 22.5. The van der Waals surface area contributed by atoms with Crippen LogP contribution >= 0.6 is 0 Å². The number of hydrogen-bond acceptors (Lipinski definition) is 9. The number of imidazole rings is 1. The number of nitrogens with one attached hydrogen (secondary N) is 2. The van der Waals surface area contributed by atoms with Crippen molar-refractivity contribution in [3.8, 4) is 17.3 Å². The first-order chi connectivity index (χ1) is 20.2. The largest absolute Gasteiger partial charge is 0.497 e. The number of amides is 1. The number of fused-ring (bicyclic) bond motifs is 1. The van der Waals surface area contributed by atoms with Crippen LogP contribution in [0.4, 0.5) is 30.5 Å². The predicted molar refractivity (Wildman–Crippen MR) is 148 cm³/mol. The van der Waals surface area contributed by atoms with Gasteiger partial charge in [-0.25, -0.2) is 24.9 Å². The van der Waals surface area contributed by atoms with E-state index in [4.69, 9.17) is 9.47 Å². The molecule has 0 unspecified atom stereocenters. The molecule has 0 aliphatic rings. The van der Waals surface area contributed by atoms with Crippen molar-refractivity contribution in [1.29, 1.82) is 0 Å². The molecular formula is C28H25F3N8O3. The Balaban J connectivity index is 1.54. The number of hydrogen-bond donors (Lipinski definition) is 2.